The number of likely N-dealkylation sites (N-methyl/N-ethyl adjacent to an activating group) is 1. The van der Waals surface area contributed by atoms with E-state index in [1.807, 2.05) is 0 Å². The van der Waals surface area contributed by atoms with Gasteiger partial charge in [-0.25, -0.2) is 0 Å². The van der Waals surface area contributed by atoms with Gasteiger partial charge in [0.15, 0.2) is 0 Å². The van der Waals surface area contributed by atoms with E-state index in [0.717, 1.165) is 26.1 Å². The molecule has 19 heavy (non-hydrogen) atoms. The van der Waals surface area contributed by atoms with E-state index in [9.17, 15) is 4.79 Å². The van der Waals surface area contributed by atoms with E-state index in [2.05, 4.69) is 47.4 Å². The van der Waals surface area contributed by atoms with Gasteiger partial charge < -0.3 is 4.90 Å². The molecule has 1 amide bonds. The van der Waals surface area contributed by atoms with Gasteiger partial charge in [-0.05, 0) is 48.8 Å². The van der Waals surface area contributed by atoms with Crippen LogP contribution < -0.4 is 0 Å². The maximum Gasteiger partial charge on any atom is 0.237 e. The number of carbonyl (C=O) groups excluding carboxylic acids is 1. The van der Waals surface area contributed by atoms with E-state index in [0.29, 0.717) is 18.5 Å². The van der Waals surface area contributed by atoms with Crippen molar-refractivity contribution >= 4 is 17.2 Å². The Labute approximate surface area is 120 Å². The Bertz CT molecular complexity index is 400. The van der Waals surface area contributed by atoms with Gasteiger partial charge in [0.25, 0.3) is 0 Å². The number of hydrogen-bond acceptors (Lipinski definition) is 3. The molecule has 1 fully saturated rings. The van der Waals surface area contributed by atoms with Crippen LogP contribution in [0.25, 0.3) is 0 Å². The summed E-state index contributed by atoms with van der Waals surface area (Å²) in [6, 6.07) is 2.56. The topological polar surface area (TPSA) is 23.6 Å². The fraction of sp³-hybridized carbons (Fsp3) is 0.667. The van der Waals surface area contributed by atoms with Gasteiger partial charge in [-0.15, -0.1) is 0 Å². The zero-order chi connectivity index (χ0) is 13.8. The van der Waals surface area contributed by atoms with E-state index in [1.54, 1.807) is 11.3 Å². The maximum absolute atomic E-state index is 12.4. The van der Waals surface area contributed by atoms with Gasteiger partial charge in [0.1, 0.15) is 0 Å². The van der Waals surface area contributed by atoms with Gasteiger partial charge in [0.2, 0.25) is 5.91 Å². The summed E-state index contributed by atoms with van der Waals surface area (Å²) in [4.78, 5) is 16.6. The van der Waals surface area contributed by atoms with Crippen molar-refractivity contribution in [2.45, 2.75) is 39.2 Å². The Morgan fingerprint density at radius 1 is 1.47 bits per heavy atom. The van der Waals surface area contributed by atoms with Gasteiger partial charge in [-0.1, -0.05) is 13.8 Å². The van der Waals surface area contributed by atoms with Crippen molar-refractivity contribution in [1.82, 2.24) is 9.80 Å². The third-order valence-corrected chi connectivity index (χ3v) is 4.86. The van der Waals surface area contributed by atoms with Crippen LogP contribution in [-0.4, -0.2) is 47.9 Å². The van der Waals surface area contributed by atoms with Crippen molar-refractivity contribution in [1.29, 1.82) is 0 Å². The molecule has 0 N–H and O–H groups in total. The molecule has 0 saturated carbocycles. The van der Waals surface area contributed by atoms with Crippen LogP contribution in [0.15, 0.2) is 16.8 Å². The summed E-state index contributed by atoms with van der Waals surface area (Å²) in [6.45, 7) is 9.73. The van der Waals surface area contributed by atoms with Gasteiger partial charge >= 0.3 is 0 Å². The molecule has 0 bridgehead atoms. The number of amides is 1. The van der Waals surface area contributed by atoms with Crippen LogP contribution in [-0.2, 0) is 4.79 Å². The summed E-state index contributed by atoms with van der Waals surface area (Å²) in [7, 11) is 0. The highest BCUT2D eigenvalue weighted by Gasteiger charge is 2.33. The molecular weight excluding hydrogens is 256 g/mol. The molecule has 0 unspecified atom stereocenters. The first kappa shape index (κ1) is 14.5. The lowest BCUT2D eigenvalue weighted by Gasteiger charge is -2.25. The third-order valence-electron chi connectivity index (χ3n) is 4.16. The molecule has 1 aromatic rings. The van der Waals surface area contributed by atoms with Crippen molar-refractivity contribution in [2.75, 3.05) is 26.2 Å². The van der Waals surface area contributed by atoms with Crippen LogP contribution in [0, 0.1) is 0 Å². The molecule has 0 aromatic carbocycles. The van der Waals surface area contributed by atoms with E-state index in [-0.39, 0.29) is 5.91 Å². The normalized spacial score (nSPS) is 23.3. The maximum atomic E-state index is 12.4. The number of carbonyl (C=O) groups is 1. The van der Waals surface area contributed by atoms with Gasteiger partial charge in [0, 0.05) is 18.5 Å². The van der Waals surface area contributed by atoms with E-state index < -0.39 is 0 Å². The number of rotatable bonds is 5. The second-order valence-corrected chi connectivity index (χ2v) is 6.13. The lowest BCUT2D eigenvalue weighted by molar-refractivity contribution is -0.132. The van der Waals surface area contributed by atoms with Crippen LogP contribution in [0.5, 0.6) is 0 Å². The summed E-state index contributed by atoms with van der Waals surface area (Å²) in [6.07, 6.45) is 1.10. The first-order valence-corrected chi connectivity index (χ1v) is 8.13. The van der Waals surface area contributed by atoms with Crippen LogP contribution in [0.2, 0.25) is 0 Å². The molecule has 3 nitrogen and oxygen atoms in total. The molecule has 1 aliphatic heterocycles. The van der Waals surface area contributed by atoms with Crippen molar-refractivity contribution < 1.29 is 4.79 Å². The molecular formula is C15H24N2OS. The van der Waals surface area contributed by atoms with Gasteiger partial charge in [-0.3, -0.25) is 9.69 Å². The zero-order valence-electron chi connectivity index (χ0n) is 12.1. The minimum absolute atomic E-state index is 0.286. The molecule has 2 atom stereocenters. The Kier molecular flexibility index (Phi) is 4.99. The number of hydrogen-bond donors (Lipinski definition) is 0. The van der Waals surface area contributed by atoms with E-state index in [1.165, 1.54) is 5.56 Å². The highest BCUT2D eigenvalue weighted by Crippen LogP contribution is 2.32. The van der Waals surface area contributed by atoms with Crippen LogP contribution >= 0.6 is 11.3 Å². The molecule has 0 radical (unpaired) electrons. The zero-order valence-corrected chi connectivity index (χ0v) is 12.9. The van der Waals surface area contributed by atoms with Gasteiger partial charge in [-0.2, -0.15) is 11.3 Å². The van der Waals surface area contributed by atoms with Crippen LogP contribution in [0.1, 0.15) is 38.7 Å². The summed E-state index contributed by atoms with van der Waals surface area (Å²) in [5.74, 6) is 0.816. The lowest BCUT2D eigenvalue weighted by Crippen LogP contribution is -2.41. The summed E-state index contributed by atoms with van der Waals surface area (Å²) in [5.41, 5.74) is 1.40. The first-order valence-electron chi connectivity index (χ1n) is 7.19. The van der Waals surface area contributed by atoms with E-state index in [4.69, 9.17) is 0 Å². The van der Waals surface area contributed by atoms with Crippen LogP contribution in [0.4, 0.5) is 0 Å². The second-order valence-electron chi connectivity index (χ2n) is 5.35. The van der Waals surface area contributed by atoms with Crippen molar-refractivity contribution in [3.8, 4) is 0 Å². The summed E-state index contributed by atoms with van der Waals surface area (Å²) >= 11 is 1.74. The smallest absolute Gasteiger partial charge is 0.237 e. The molecule has 0 aliphatic carbocycles. The van der Waals surface area contributed by atoms with E-state index >= 15 is 0 Å². The number of likely N-dealkylation sites (tertiary alicyclic amines) is 1. The summed E-state index contributed by atoms with van der Waals surface area (Å²) in [5, 5.41) is 4.34. The second kappa shape index (κ2) is 6.53. The van der Waals surface area contributed by atoms with Crippen molar-refractivity contribution in [3.63, 3.8) is 0 Å². The minimum atomic E-state index is 0.286. The first-order chi connectivity index (χ1) is 9.15. The predicted octanol–water partition coefficient (Wildman–Crippen LogP) is 2.79. The lowest BCUT2D eigenvalue weighted by atomic mass is 10.00. The molecule has 2 heterocycles. The standard InChI is InChI=1S/C15H24N2OS/c1-4-16(5-2)10-15(18)17-9-14(8-12(17)3)13-6-7-19-11-13/h6-7,11-12,14H,4-5,8-10H2,1-3H3/t12-,14-/m1/s1. The molecule has 0 spiro atoms. The predicted molar refractivity (Wildman–Crippen MR) is 80.6 cm³/mol. The summed E-state index contributed by atoms with van der Waals surface area (Å²) < 4.78 is 0. The number of nitrogens with zero attached hydrogens (tertiary/aromatic N) is 2. The average Bonchev–Trinajstić information content (AvgIpc) is 3.04. The monoisotopic (exact) mass is 280 g/mol. The van der Waals surface area contributed by atoms with Gasteiger partial charge in [0.05, 0.1) is 6.54 Å². The Morgan fingerprint density at radius 2 is 2.21 bits per heavy atom. The SMILES string of the molecule is CCN(CC)CC(=O)N1C[C@H](c2ccsc2)C[C@H]1C. The Morgan fingerprint density at radius 3 is 2.79 bits per heavy atom. The fourth-order valence-corrected chi connectivity index (χ4v) is 3.60. The highest BCUT2D eigenvalue weighted by atomic mass is 32.1. The minimum Gasteiger partial charge on any atom is -0.338 e. The molecule has 1 aromatic heterocycles. The quantitative estimate of drug-likeness (QED) is 0.828. The molecule has 1 saturated heterocycles. The Balaban J connectivity index is 1.96. The van der Waals surface area contributed by atoms with Crippen molar-refractivity contribution in [3.05, 3.63) is 22.4 Å². The average molecular weight is 280 g/mol. The molecule has 4 heteroatoms. The third kappa shape index (κ3) is 3.37. The molecule has 106 valence electrons. The van der Waals surface area contributed by atoms with Crippen molar-refractivity contribution in [2.24, 2.45) is 0 Å². The fourth-order valence-electron chi connectivity index (χ4n) is 2.86. The van der Waals surface area contributed by atoms with Crippen LogP contribution in [0.3, 0.4) is 0 Å². The Hall–Kier alpha value is -0.870. The highest BCUT2D eigenvalue weighted by molar-refractivity contribution is 7.07. The molecule has 2 rings (SSSR count). The molecule has 1 aliphatic rings. The largest absolute Gasteiger partial charge is 0.338 e. The number of thiophene rings is 1.